The van der Waals surface area contributed by atoms with Crippen LogP contribution in [0.2, 0.25) is 0 Å². The van der Waals surface area contributed by atoms with Crippen molar-refractivity contribution < 1.29 is 5.11 Å². The normalized spacial score (nSPS) is 9.36. The molecule has 1 N–H and O–H groups in total. The lowest BCUT2D eigenvalue weighted by Crippen LogP contribution is -1.71. The Morgan fingerprint density at radius 3 is 2.21 bits per heavy atom. The summed E-state index contributed by atoms with van der Waals surface area (Å²) >= 11 is 3.39. The average Bonchev–Trinajstić information content (AvgIpc) is 2.21. The van der Waals surface area contributed by atoms with Gasteiger partial charge in [0.15, 0.2) is 0 Å². The van der Waals surface area contributed by atoms with Crippen LogP contribution >= 0.6 is 15.9 Å². The molecule has 2 aromatic carbocycles. The number of hydrogen-bond acceptors (Lipinski definition) is 1. The number of rotatable bonds is 0. The van der Waals surface area contributed by atoms with Crippen molar-refractivity contribution in [1.82, 2.24) is 0 Å². The fourth-order valence-corrected chi connectivity index (χ4v) is 1.58. The molecule has 2 aromatic rings. The van der Waals surface area contributed by atoms with E-state index >= 15 is 0 Å². The number of phenols is 1. The molecule has 0 atom stereocenters. The molecular weight excluding hydrogens is 240 g/mol. The minimum Gasteiger partial charge on any atom is -0.508 e. The molecule has 0 aliphatic carbocycles. The van der Waals surface area contributed by atoms with Gasteiger partial charge in [0.25, 0.3) is 0 Å². The third-order valence-electron chi connectivity index (χ3n) is 1.79. The maximum absolute atomic E-state index is 9.19. The van der Waals surface area contributed by atoms with E-state index in [1.807, 2.05) is 38.1 Å². The Bertz CT molecular complexity index is 382. The van der Waals surface area contributed by atoms with Gasteiger partial charge in [-0.3, -0.25) is 0 Å². The van der Waals surface area contributed by atoms with E-state index in [9.17, 15) is 5.11 Å². The first-order valence-corrected chi connectivity index (χ1v) is 5.43. The van der Waals surface area contributed by atoms with Gasteiger partial charge >= 0.3 is 0 Å². The molecule has 14 heavy (non-hydrogen) atoms. The fourth-order valence-electron chi connectivity index (χ4n) is 1.20. The molecule has 74 valence electrons. The highest BCUT2D eigenvalue weighted by molar-refractivity contribution is 9.10. The van der Waals surface area contributed by atoms with Crippen molar-refractivity contribution in [2.75, 3.05) is 0 Å². The maximum atomic E-state index is 9.19. The lowest BCUT2D eigenvalue weighted by atomic mass is 10.1. The summed E-state index contributed by atoms with van der Waals surface area (Å²) in [7, 11) is 0. The van der Waals surface area contributed by atoms with Crippen molar-refractivity contribution in [3.05, 3.63) is 40.9 Å². The molecule has 0 aliphatic rings. The maximum Gasteiger partial charge on any atom is 0.116 e. The molecule has 0 spiro atoms. The standard InChI is InChI=1S/C10H7BrO.C2H6/c11-9-3-1-8-6-10(12)4-2-7(8)5-9;1-2/h1-6,12H;1-2H3. The molecule has 0 bridgehead atoms. The zero-order chi connectivity index (χ0) is 10.6. The van der Waals surface area contributed by atoms with Gasteiger partial charge in [-0.15, -0.1) is 0 Å². The minimum absolute atomic E-state index is 0.310. The van der Waals surface area contributed by atoms with Gasteiger partial charge in [-0.25, -0.2) is 0 Å². The molecule has 0 saturated carbocycles. The van der Waals surface area contributed by atoms with Crippen molar-refractivity contribution >= 4 is 26.7 Å². The van der Waals surface area contributed by atoms with Crippen LogP contribution in [-0.4, -0.2) is 5.11 Å². The quantitative estimate of drug-likeness (QED) is 0.740. The summed E-state index contributed by atoms with van der Waals surface area (Å²) < 4.78 is 1.06. The lowest BCUT2D eigenvalue weighted by molar-refractivity contribution is 0.476. The SMILES string of the molecule is CC.Oc1ccc2cc(Br)ccc2c1. The Hall–Kier alpha value is -1.02. The Labute approximate surface area is 92.5 Å². The summed E-state index contributed by atoms with van der Waals surface area (Å²) in [5, 5.41) is 11.4. The van der Waals surface area contributed by atoms with Crippen molar-refractivity contribution in [2.45, 2.75) is 13.8 Å². The molecule has 0 saturated heterocycles. The van der Waals surface area contributed by atoms with Gasteiger partial charge in [0.2, 0.25) is 0 Å². The van der Waals surface area contributed by atoms with Gasteiger partial charge < -0.3 is 5.11 Å². The zero-order valence-electron chi connectivity index (χ0n) is 8.29. The number of fused-ring (bicyclic) bond motifs is 1. The van der Waals surface area contributed by atoms with Gasteiger partial charge in [0, 0.05) is 4.47 Å². The summed E-state index contributed by atoms with van der Waals surface area (Å²) in [5.41, 5.74) is 0. The number of aromatic hydroxyl groups is 1. The number of phenolic OH excluding ortho intramolecular Hbond substituents is 1. The van der Waals surface area contributed by atoms with Crippen LogP contribution in [0.3, 0.4) is 0 Å². The summed E-state index contributed by atoms with van der Waals surface area (Å²) in [6.07, 6.45) is 0. The molecule has 0 aliphatic heterocycles. The van der Waals surface area contributed by atoms with Crippen LogP contribution in [0.4, 0.5) is 0 Å². The van der Waals surface area contributed by atoms with Gasteiger partial charge in [0.1, 0.15) is 5.75 Å². The van der Waals surface area contributed by atoms with Crippen molar-refractivity contribution in [3.8, 4) is 5.75 Å². The Kier molecular flexibility index (Phi) is 3.96. The molecule has 0 radical (unpaired) electrons. The van der Waals surface area contributed by atoms with E-state index < -0.39 is 0 Å². The summed E-state index contributed by atoms with van der Waals surface area (Å²) in [6, 6.07) is 11.3. The lowest BCUT2D eigenvalue weighted by Gasteiger charge is -1.98. The molecule has 2 rings (SSSR count). The highest BCUT2D eigenvalue weighted by Gasteiger charge is 1.94. The third kappa shape index (κ3) is 2.48. The Balaban J connectivity index is 0.000000461. The highest BCUT2D eigenvalue weighted by atomic mass is 79.9. The minimum atomic E-state index is 0.310. The first kappa shape index (κ1) is 11.1. The summed E-state index contributed by atoms with van der Waals surface area (Å²) in [4.78, 5) is 0. The smallest absolute Gasteiger partial charge is 0.116 e. The predicted molar refractivity (Wildman–Crippen MR) is 64.7 cm³/mol. The van der Waals surface area contributed by atoms with Crippen molar-refractivity contribution in [2.24, 2.45) is 0 Å². The van der Waals surface area contributed by atoms with Gasteiger partial charge in [-0.1, -0.05) is 41.9 Å². The second kappa shape index (κ2) is 5.01. The Morgan fingerprint density at radius 1 is 0.929 bits per heavy atom. The second-order valence-corrected chi connectivity index (χ2v) is 3.59. The molecule has 0 fully saturated rings. The van der Waals surface area contributed by atoms with Crippen LogP contribution in [0, 0.1) is 0 Å². The van der Waals surface area contributed by atoms with Gasteiger partial charge in [-0.05, 0) is 35.0 Å². The average molecular weight is 253 g/mol. The van der Waals surface area contributed by atoms with Crippen LogP contribution in [0.1, 0.15) is 13.8 Å². The highest BCUT2D eigenvalue weighted by Crippen LogP contribution is 2.22. The van der Waals surface area contributed by atoms with Crippen LogP contribution in [0.15, 0.2) is 40.9 Å². The largest absolute Gasteiger partial charge is 0.508 e. The molecule has 0 heterocycles. The van der Waals surface area contributed by atoms with E-state index in [4.69, 9.17) is 0 Å². The van der Waals surface area contributed by atoms with E-state index in [-0.39, 0.29) is 0 Å². The zero-order valence-corrected chi connectivity index (χ0v) is 9.88. The molecule has 0 aromatic heterocycles. The van der Waals surface area contributed by atoms with E-state index in [0.29, 0.717) is 5.75 Å². The van der Waals surface area contributed by atoms with Crippen LogP contribution in [0.25, 0.3) is 10.8 Å². The first-order chi connectivity index (χ1) is 6.75. The molecule has 0 unspecified atom stereocenters. The van der Waals surface area contributed by atoms with Crippen LogP contribution < -0.4 is 0 Å². The Morgan fingerprint density at radius 2 is 1.50 bits per heavy atom. The summed E-state index contributed by atoms with van der Waals surface area (Å²) in [6.45, 7) is 4.00. The van der Waals surface area contributed by atoms with Crippen molar-refractivity contribution in [3.63, 3.8) is 0 Å². The van der Waals surface area contributed by atoms with E-state index in [2.05, 4.69) is 15.9 Å². The number of benzene rings is 2. The van der Waals surface area contributed by atoms with E-state index in [1.54, 1.807) is 12.1 Å². The molecule has 0 amide bonds. The topological polar surface area (TPSA) is 20.2 Å². The summed E-state index contributed by atoms with van der Waals surface area (Å²) in [5.74, 6) is 0.310. The third-order valence-corrected chi connectivity index (χ3v) is 2.28. The molecule has 2 heteroatoms. The van der Waals surface area contributed by atoms with E-state index in [1.165, 1.54) is 0 Å². The molecular formula is C12H13BrO. The van der Waals surface area contributed by atoms with Gasteiger partial charge in [0.05, 0.1) is 0 Å². The number of hydrogen-bond donors (Lipinski definition) is 1. The molecule has 1 nitrogen and oxygen atoms in total. The first-order valence-electron chi connectivity index (χ1n) is 4.64. The monoisotopic (exact) mass is 252 g/mol. The van der Waals surface area contributed by atoms with Crippen LogP contribution in [-0.2, 0) is 0 Å². The van der Waals surface area contributed by atoms with Crippen molar-refractivity contribution in [1.29, 1.82) is 0 Å². The van der Waals surface area contributed by atoms with Gasteiger partial charge in [-0.2, -0.15) is 0 Å². The van der Waals surface area contributed by atoms with Crippen LogP contribution in [0.5, 0.6) is 5.75 Å². The second-order valence-electron chi connectivity index (χ2n) is 2.68. The van der Waals surface area contributed by atoms with E-state index in [0.717, 1.165) is 15.2 Å². The predicted octanol–water partition coefficient (Wildman–Crippen LogP) is 4.33. The fraction of sp³-hybridized carbons (Fsp3) is 0.167. The number of halogens is 1.